The fourth-order valence-corrected chi connectivity index (χ4v) is 5.59. The summed E-state index contributed by atoms with van der Waals surface area (Å²) in [6.45, 7) is 10.3. The molecule has 40 heavy (non-hydrogen) atoms. The molecule has 0 radical (unpaired) electrons. The van der Waals surface area contributed by atoms with Crippen LogP contribution in [0, 0.1) is 19.8 Å². The van der Waals surface area contributed by atoms with E-state index >= 15 is 0 Å². The first-order chi connectivity index (χ1) is 19.4. The van der Waals surface area contributed by atoms with Crippen LogP contribution in [0.2, 0.25) is 0 Å². The van der Waals surface area contributed by atoms with E-state index in [-0.39, 0.29) is 17.6 Å². The second kappa shape index (κ2) is 11.7. The Morgan fingerprint density at radius 1 is 1.10 bits per heavy atom. The van der Waals surface area contributed by atoms with Gasteiger partial charge in [-0.05, 0) is 82.2 Å². The van der Waals surface area contributed by atoms with Crippen molar-refractivity contribution in [3.63, 3.8) is 0 Å². The van der Waals surface area contributed by atoms with Gasteiger partial charge in [0.2, 0.25) is 0 Å². The molecule has 1 N–H and O–H groups in total. The summed E-state index contributed by atoms with van der Waals surface area (Å²) in [7, 11) is 0. The van der Waals surface area contributed by atoms with E-state index in [0.29, 0.717) is 23.8 Å². The second-order valence-corrected chi connectivity index (χ2v) is 10.5. The molecule has 8 heteroatoms. The summed E-state index contributed by atoms with van der Waals surface area (Å²) in [6.07, 6.45) is 12.6. The molecule has 0 spiro atoms. The summed E-state index contributed by atoms with van der Waals surface area (Å²) >= 11 is 0. The molecule has 0 atom stereocenters. The molecule has 1 aliphatic rings. The molecule has 3 heterocycles. The summed E-state index contributed by atoms with van der Waals surface area (Å²) in [5, 5.41) is 3.21. The molecule has 3 aromatic heterocycles. The molecule has 0 saturated heterocycles. The van der Waals surface area contributed by atoms with Gasteiger partial charge in [-0.2, -0.15) is 0 Å². The van der Waals surface area contributed by atoms with Gasteiger partial charge in [0.25, 0.3) is 5.91 Å². The van der Waals surface area contributed by atoms with Crippen molar-refractivity contribution in [1.29, 1.82) is 0 Å². The Morgan fingerprint density at radius 3 is 2.58 bits per heavy atom. The van der Waals surface area contributed by atoms with Crippen LogP contribution >= 0.6 is 0 Å². The van der Waals surface area contributed by atoms with Crippen LogP contribution in [0.4, 0.5) is 5.82 Å². The van der Waals surface area contributed by atoms with Crippen molar-refractivity contribution in [2.45, 2.75) is 59.0 Å². The molecule has 0 bridgehead atoms. The number of para-hydroxylation sites is 2. The summed E-state index contributed by atoms with van der Waals surface area (Å²) in [5.74, 6) is 0.982. The molecule has 1 aliphatic carbocycles. The van der Waals surface area contributed by atoms with Crippen molar-refractivity contribution in [3.8, 4) is 5.69 Å². The standard InChI is InChI=1S/C32H36N6O2/c1-5-17-36(6-2)30-19-26(15-16-33-30)38-29-10-8-7-9-28(29)37(32(38)40)21-24-11-13-25(14-12-24)35-31(39)27-18-22(3)20-34-23(27)4/h5-10,15-20,24-25H,2,11-14,21H2,1,3-4H3,(H,35,39)/b17-5-. The quantitative estimate of drug-likeness (QED) is 0.314. The number of rotatable bonds is 8. The molecular formula is C32H36N6O2. The molecule has 1 aromatic carbocycles. The minimum atomic E-state index is -0.0626. The van der Waals surface area contributed by atoms with Crippen LogP contribution in [0.5, 0.6) is 0 Å². The summed E-state index contributed by atoms with van der Waals surface area (Å²) in [5.41, 5.74) is 4.83. The van der Waals surface area contributed by atoms with Crippen molar-refractivity contribution in [1.82, 2.24) is 24.4 Å². The summed E-state index contributed by atoms with van der Waals surface area (Å²) < 4.78 is 3.67. The topological polar surface area (TPSA) is 85.0 Å². The smallest absolute Gasteiger partial charge is 0.333 e. The third-order valence-electron chi connectivity index (χ3n) is 7.68. The Morgan fingerprint density at radius 2 is 1.85 bits per heavy atom. The second-order valence-electron chi connectivity index (χ2n) is 10.5. The van der Waals surface area contributed by atoms with Crippen molar-refractivity contribution in [2.75, 3.05) is 4.90 Å². The molecule has 0 aliphatic heterocycles. The van der Waals surface area contributed by atoms with E-state index in [4.69, 9.17) is 0 Å². The number of carbonyl (C=O) groups excluding carboxylic acids is 1. The van der Waals surface area contributed by atoms with E-state index < -0.39 is 0 Å². The van der Waals surface area contributed by atoms with Crippen LogP contribution in [-0.2, 0) is 6.54 Å². The third kappa shape index (κ3) is 5.47. The zero-order valence-corrected chi connectivity index (χ0v) is 23.4. The molecule has 4 aromatic rings. The lowest BCUT2D eigenvalue weighted by Crippen LogP contribution is -2.39. The Balaban J connectivity index is 1.34. The number of carbonyl (C=O) groups is 1. The van der Waals surface area contributed by atoms with Crippen LogP contribution in [0.3, 0.4) is 0 Å². The zero-order chi connectivity index (χ0) is 28.2. The zero-order valence-electron chi connectivity index (χ0n) is 23.4. The lowest BCUT2D eigenvalue weighted by molar-refractivity contribution is 0.0919. The Bertz CT molecular complexity index is 1620. The highest BCUT2D eigenvalue weighted by Crippen LogP contribution is 2.28. The largest absolute Gasteiger partial charge is 0.349 e. The van der Waals surface area contributed by atoms with Gasteiger partial charge in [0, 0.05) is 49.1 Å². The minimum absolute atomic E-state index is 0.0578. The first kappa shape index (κ1) is 27.1. The van der Waals surface area contributed by atoms with Gasteiger partial charge in [-0.1, -0.05) is 24.8 Å². The highest BCUT2D eigenvalue weighted by atomic mass is 16.2. The van der Waals surface area contributed by atoms with Gasteiger partial charge >= 0.3 is 5.69 Å². The number of hydrogen-bond donors (Lipinski definition) is 1. The monoisotopic (exact) mass is 536 g/mol. The number of pyridine rings is 2. The predicted molar refractivity (Wildman–Crippen MR) is 160 cm³/mol. The molecular weight excluding hydrogens is 500 g/mol. The highest BCUT2D eigenvalue weighted by Gasteiger charge is 2.25. The van der Waals surface area contributed by atoms with E-state index in [1.165, 1.54) is 0 Å². The predicted octanol–water partition coefficient (Wildman–Crippen LogP) is 5.67. The number of nitrogens with zero attached hydrogens (tertiary/aromatic N) is 5. The van der Waals surface area contributed by atoms with Crippen LogP contribution in [0.25, 0.3) is 16.7 Å². The SMILES string of the molecule is C=CN(/C=C\C)c1cc(-n2c(=O)n(CC3CCC(NC(=O)c4cc(C)cnc4C)CC3)c3ccccc32)ccn1. The number of aryl methyl sites for hydroxylation is 2. The lowest BCUT2D eigenvalue weighted by atomic mass is 9.85. The number of amides is 1. The first-order valence-electron chi connectivity index (χ1n) is 13.8. The lowest BCUT2D eigenvalue weighted by Gasteiger charge is -2.29. The van der Waals surface area contributed by atoms with Crippen molar-refractivity contribution >= 4 is 22.8 Å². The van der Waals surface area contributed by atoms with Gasteiger partial charge in [-0.25, -0.2) is 9.78 Å². The number of nitrogens with one attached hydrogen (secondary N) is 1. The van der Waals surface area contributed by atoms with Crippen LogP contribution in [0.1, 0.15) is 54.2 Å². The maximum atomic E-state index is 13.9. The highest BCUT2D eigenvalue weighted by molar-refractivity contribution is 5.95. The van der Waals surface area contributed by atoms with E-state index in [1.54, 1.807) is 23.2 Å². The number of fused-ring (bicyclic) bond motifs is 1. The van der Waals surface area contributed by atoms with E-state index in [1.807, 2.05) is 85.0 Å². The van der Waals surface area contributed by atoms with Crippen LogP contribution in [0.15, 0.2) is 84.7 Å². The third-order valence-corrected chi connectivity index (χ3v) is 7.68. The van der Waals surface area contributed by atoms with Gasteiger partial charge in [-0.3, -0.25) is 18.9 Å². The van der Waals surface area contributed by atoms with Crippen molar-refractivity contribution in [2.24, 2.45) is 5.92 Å². The maximum absolute atomic E-state index is 13.9. The number of imidazole rings is 1. The van der Waals surface area contributed by atoms with E-state index in [0.717, 1.165) is 53.7 Å². The number of aromatic nitrogens is 4. The fourth-order valence-electron chi connectivity index (χ4n) is 5.59. The van der Waals surface area contributed by atoms with Crippen LogP contribution < -0.4 is 15.9 Å². The summed E-state index contributed by atoms with van der Waals surface area (Å²) in [6, 6.07) is 13.7. The number of anilines is 1. The molecule has 1 fully saturated rings. The van der Waals surface area contributed by atoms with E-state index in [9.17, 15) is 9.59 Å². The summed E-state index contributed by atoms with van der Waals surface area (Å²) in [4.78, 5) is 37.4. The normalized spacial score (nSPS) is 17.3. The van der Waals surface area contributed by atoms with Gasteiger partial charge in [0.15, 0.2) is 0 Å². The average molecular weight is 537 g/mol. The van der Waals surface area contributed by atoms with Gasteiger partial charge in [0.05, 0.1) is 22.3 Å². The Kier molecular flexibility index (Phi) is 7.96. The average Bonchev–Trinajstić information content (AvgIpc) is 3.24. The first-order valence-corrected chi connectivity index (χ1v) is 13.8. The minimum Gasteiger partial charge on any atom is -0.349 e. The van der Waals surface area contributed by atoms with Crippen molar-refractivity contribution < 1.29 is 4.79 Å². The Hall–Kier alpha value is -4.46. The van der Waals surface area contributed by atoms with E-state index in [2.05, 4.69) is 21.9 Å². The molecule has 1 amide bonds. The number of allylic oxidation sites excluding steroid dienone is 1. The molecule has 0 unspecified atom stereocenters. The fraction of sp³-hybridized carbons (Fsp3) is 0.312. The maximum Gasteiger partial charge on any atom is 0.333 e. The van der Waals surface area contributed by atoms with Crippen LogP contribution in [-0.4, -0.2) is 31.1 Å². The number of hydrogen-bond acceptors (Lipinski definition) is 5. The van der Waals surface area contributed by atoms with Gasteiger partial charge in [0.1, 0.15) is 5.82 Å². The van der Waals surface area contributed by atoms with Crippen molar-refractivity contribution in [3.05, 3.63) is 107 Å². The molecule has 5 rings (SSSR count). The Labute approximate surface area is 234 Å². The molecule has 206 valence electrons. The van der Waals surface area contributed by atoms with Gasteiger partial charge < -0.3 is 10.2 Å². The van der Waals surface area contributed by atoms with Gasteiger partial charge in [-0.15, -0.1) is 0 Å². The molecule has 1 saturated carbocycles. The molecule has 8 nitrogen and oxygen atoms in total. The number of benzene rings is 1.